The van der Waals surface area contributed by atoms with E-state index < -0.39 is 0 Å². The number of hydrogen-bond acceptors (Lipinski definition) is 2. The van der Waals surface area contributed by atoms with Gasteiger partial charge in [0.25, 0.3) is 0 Å². The monoisotopic (exact) mass is 291 g/mol. The van der Waals surface area contributed by atoms with E-state index >= 15 is 0 Å². The number of anilines is 1. The van der Waals surface area contributed by atoms with Crippen molar-refractivity contribution in [2.75, 3.05) is 10.8 Å². The number of hydrogen-bond donors (Lipinski definition) is 0. The van der Waals surface area contributed by atoms with Gasteiger partial charge in [0.1, 0.15) is 11.6 Å². The van der Waals surface area contributed by atoms with Crippen LogP contribution >= 0.6 is 11.6 Å². The number of amides is 1. The zero-order valence-corrected chi connectivity index (χ0v) is 12.5. The molecule has 4 heteroatoms. The van der Waals surface area contributed by atoms with E-state index in [-0.39, 0.29) is 11.8 Å². The smallest absolute Gasteiger partial charge is 0.242 e. The van der Waals surface area contributed by atoms with Crippen molar-refractivity contribution in [1.29, 1.82) is 0 Å². The minimum absolute atomic E-state index is 0.0435. The average molecular weight is 292 g/mol. The van der Waals surface area contributed by atoms with Crippen LogP contribution in [0, 0.1) is 6.92 Å². The zero-order chi connectivity index (χ0) is 14.5. The molecule has 1 heterocycles. The second kappa shape index (κ2) is 6.62. The van der Waals surface area contributed by atoms with Gasteiger partial charge in [-0.1, -0.05) is 25.1 Å². The Morgan fingerprint density at radius 1 is 1.30 bits per heavy atom. The highest BCUT2D eigenvalue weighted by atomic mass is 35.5. The number of carbonyl (C=O) groups excluding carboxylic acids is 1. The van der Waals surface area contributed by atoms with E-state index in [1.54, 1.807) is 11.2 Å². The number of carbonyl (C=O) groups is 1. The Hall–Kier alpha value is -1.74. The Balaban J connectivity index is 2.43. The number of nitrogens with zero attached hydrogens (tertiary/aromatic N) is 1. The normalized spacial score (nSPS) is 10.6. The number of aryl methyl sites for hydroxylation is 2. The second-order valence-corrected chi connectivity index (χ2v) is 4.90. The molecule has 2 aromatic rings. The quantitative estimate of drug-likeness (QED) is 0.782. The summed E-state index contributed by atoms with van der Waals surface area (Å²) in [5.74, 6) is 0.582. The van der Waals surface area contributed by atoms with Crippen LogP contribution in [0.2, 0.25) is 0 Å². The lowest BCUT2D eigenvalue weighted by Crippen LogP contribution is -2.32. The van der Waals surface area contributed by atoms with Crippen LogP contribution in [0.15, 0.2) is 41.0 Å². The first kappa shape index (κ1) is 14.7. The van der Waals surface area contributed by atoms with Gasteiger partial charge in [-0.2, -0.15) is 0 Å². The first-order valence-corrected chi connectivity index (χ1v) is 7.18. The molecule has 0 atom stereocenters. The third kappa shape index (κ3) is 3.05. The molecule has 1 aromatic carbocycles. The largest absolute Gasteiger partial charge is 0.467 e. The molecule has 0 bridgehead atoms. The predicted octanol–water partition coefficient (Wildman–Crippen LogP) is 3.92. The number of rotatable bonds is 5. The van der Waals surface area contributed by atoms with Crippen LogP contribution < -0.4 is 4.90 Å². The van der Waals surface area contributed by atoms with Crippen molar-refractivity contribution >= 4 is 23.2 Å². The minimum Gasteiger partial charge on any atom is -0.467 e. The van der Waals surface area contributed by atoms with Crippen molar-refractivity contribution in [1.82, 2.24) is 0 Å². The summed E-state index contributed by atoms with van der Waals surface area (Å²) >= 11 is 5.76. The number of furan rings is 1. The van der Waals surface area contributed by atoms with Crippen LogP contribution in [0.3, 0.4) is 0 Å². The lowest BCUT2D eigenvalue weighted by molar-refractivity contribution is -0.116. The molecule has 0 aliphatic carbocycles. The molecule has 1 amide bonds. The molecule has 106 valence electrons. The maximum atomic E-state index is 12.2. The summed E-state index contributed by atoms with van der Waals surface area (Å²) in [7, 11) is 0. The van der Waals surface area contributed by atoms with Gasteiger partial charge in [-0.3, -0.25) is 4.79 Å². The lowest BCUT2D eigenvalue weighted by atomic mass is 10.0. The van der Waals surface area contributed by atoms with Crippen LogP contribution in [0.25, 0.3) is 0 Å². The number of alkyl halides is 1. The Labute approximate surface area is 124 Å². The van der Waals surface area contributed by atoms with E-state index in [0.717, 1.165) is 29.0 Å². The fraction of sp³-hybridized carbons (Fsp3) is 0.312. The van der Waals surface area contributed by atoms with Crippen LogP contribution in [-0.4, -0.2) is 11.8 Å². The van der Waals surface area contributed by atoms with Gasteiger partial charge in [0.2, 0.25) is 5.91 Å². The van der Waals surface area contributed by atoms with Crippen LogP contribution in [0.1, 0.15) is 23.8 Å². The molecule has 0 aliphatic rings. The third-order valence-electron chi connectivity index (χ3n) is 3.28. The lowest BCUT2D eigenvalue weighted by Gasteiger charge is -2.25. The maximum Gasteiger partial charge on any atom is 0.242 e. The van der Waals surface area contributed by atoms with Gasteiger partial charge >= 0.3 is 0 Å². The van der Waals surface area contributed by atoms with Gasteiger partial charge in [0, 0.05) is 0 Å². The Bertz CT molecular complexity index is 578. The summed E-state index contributed by atoms with van der Waals surface area (Å²) in [5, 5.41) is 0. The van der Waals surface area contributed by atoms with E-state index in [1.165, 1.54) is 0 Å². The molecule has 0 fully saturated rings. The highest BCUT2D eigenvalue weighted by Gasteiger charge is 2.20. The van der Waals surface area contributed by atoms with E-state index in [9.17, 15) is 4.79 Å². The van der Waals surface area contributed by atoms with Gasteiger partial charge in [-0.15, -0.1) is 11.6 Å². The summed E-state index contributed by atoms with van der Waals surface area (Å²) in [6.07, 6.45) is 2.47. The maximum absolute atomic E-state index is 12.2. The zero-order valence-electron chi connectivity index (χ0n) is 11.7. The predicted molar refractivity (Wildman–Crippen MR) is 81.2 cm³/mol. The highest BCUT2D eigenvalue weighted by Crippen LogP contribution is 2.27. The molecule has 0 aliphatic heterocycles. The third-order valence-corrected chi connectivity index (χ3v) is 3.51. The van der Waals surface area contributed by atoms with Gasteiger partial charge in [-0.25, -0.2) is 0 Å². The van der Waals surface area contributed by atoms with Crippen molar-refractivity contribution in [3.8, 4) is 0 Å². The standard InChI is InChI=1S/C16H18ClNO2/c1-3-13-7-4-6-12(2)16(13)18(15(19)10-17)11-14-8-5-9-20-14/h4-9H,3,10-11H2,1-2H3. The van der Waals surface area contributed by atoms with Gasteiger partial charge in [0.15, 0.2) is 0 Å². The van der Waals surface area contributed by atoms with Crippen molar-refractivity contribution in [3.63, 3.8) is 0 Å². The van der Waals surface area contributed by atoms with E-state index in [1.807, 2.05) is 37.3 Å². The van der Waals surface area contributed by atoms with Crippen molar-refractivity contribution in [3.05, 3.63) is 53.5 Å². The topological polar surface area (TPSA) is 33.5 Å². The van der Waals surface area contributed by atoms with Gasteiger partial charge < -0.3 is 9.32 Å². The molecule has 20 heavy (non-hydrogen) atoms. The molecule has 0 spiro atoms. The SMILES string of the molecule is CCc1cccc(C)c1N(Cc1ccco1)C(=O)CCl. The van der Waals surface area contributed by atoms with E-state index in [2.05, 4.69) is 6.92 Å². The molecule has 0 saturated heterocycles. The Morgan fingerprint density at radius 3 is 2.70 bits per heavy atom. The minimum atomic E-state index is -0.118. The molecule has 1 aromatic heterocycles. The molecule has 0 saturated carbocycles. The molecule has 3 nitrogen and oxygen atoms in total. The molecule has 0 N–H and O–H groups in total. The fourth-order valence-electron chi connectivity index (χ4n) is 2.31. The summed E-state index contributed by atoms with van der Waals surface area (Å²) in [6, 6.07) is 9.73. The molecule has 0 unspecified atom stereocenters. The van der Waals surface area contributed by atoms with Crippen LogP contribution in [0.5, 0.6) is 0 Å². The fourth-order valence-corrected chi connectivity index (χ4v) is 2.46. The Kier molecular flexibility index (Phi) is 4.85. The highest BCUT2D eigenvalue weighted by molar-refractivity contribution is 6.29. The van der Waals surface area contributed by atoms with Crippen LogP contribution in [-0.2, 0) is 17.8 Å². The first-order valence-electron chi connectivity index (χ1n) is 6.64. The number of benzene rings is 1. The average Bonchev–Trinajstić information content (AvgIpc) is 2.97. The van der Waals surface area contributed by atoms with E-state index in [0.29, 0.717) is 6.54 Å². The van der Waals surface area contributed by atoms with Crippen molar-refractivity contribution < 1.29 is 9.21 Å². The Morgan fingerprint density at radius 2 is 2.10 bits per heavy atom. The van der Waals surface area contributed by atoms with Crippen molar-refractivity contribution in [2.45, 2.75) is 26.8 Å². The molecule has 2 rings (SSSR count). The summed E-state index contributed by atoms with van der Waals surface area (Å²) in [4.78, 5) is 13.9. The van der Waals surface area contributed by atoms with E-state index in [4.69, 9.17) is 16.0 Å². The second-order valence-electron chi connectivity index (χ2n) is 4.63. The molecular weight excluding hydrogens is 274 g/mol. The van der Waals surface area contributed by atoms with Gasteiger partial charge in [0.05, 0.1) is 18.5 Å². The van der Waals surface area contributed by atoms with Crippen LogP contribution in [0.4, 0.5) is 5.69 Å². The van der Waals surface area contributed by atoms with Crippen molar-refractivity contribution in [2.24, 2.45) is 0 Å². The first-order chi connectivity index (χ1) is 9.67. The van der Waals surface area contributed by atoms with Gasteiger partial charge in [-0.05, 0) is 36.6 Å². The number of para-hydroxylation sites is 1. The summed E-state index contributed by atoms with van der Waals surface area (Å²) < 4.78 is 5.36. The molecular formula is C16H18ClNO2. The number of halogens is 1. The molecule has 0 radical (unpaired) electrons. The summed E-state index contributed by atoms with van der Waals surface area (Å²) in [5.41, 5.74) is 3.14. The summed E-state index contributed by atoms with van der Waals surface area (Å²) in [6.45, 7) is 4.48.